The van der Waals surface area contributed by atoms with Crippen molar-refractivity contribution in [2.24, 2.45) is 0 Å². The number of carbonyl (C=O) groups is 2. The predicted octanol–water partition coefficient (Wildman–Crippen LogP) is 4.15. The van der Waals surface area contributed by atoms with E-state index in [4.69, 9.17) is 0 Å². The summed E-state index contributed by atoms with van der Waals surface area (Å²) in [6.45, 7) is 6.40. The van der Waals surface area contributed by atoms with Crippen LogP contribution >= 0.6 is 11.3 Å². The molecule has 0 atom stereocenters. The second-order valence-corrected chi connectivity index (χ2v) is 8.37. The van der Waals surface area contributed by atoms with Crippen LogP contribution in [0.3, 0.4) is 0 Å². The number of carbonyl (C=O) groups excluding carboxylic acids is 2. The predicted molar refractivity (Wildman–Crippen MR) is 121 cm³/mol. The van der Waals surface area contributed by atoms with E-state index >= 15 is 0 Å². The zero-order valence-electron chi connectivity index (χ0n) is 17.2. The Labute approximate surface area is 180 Å². The van der Waals surface area contributed by atoms with Gasteiger partial charge in [0.25, 0.3) is 5.91 Å². The molecule has 5 nitrogen and oxygen atoms in total. The Balaban J connectivity index is 1.40. The van der Waals surface area contributed by atoms with Crippen LogP contribution in [0.4, 0.5) is 0 Å². The number of thiophene rings is 1. The van der Waals surface area contributed by atoms with E-state index in [-0.39, 0.29) is 11.8 Å². The highest BCUT2D eigenvalue weighted by atomic mass is 32.1. The topological polar surface area (TPSA) is 45.6 Å². The lowest BCUT2D eigenvalue weighted by Gasteiger charge is -2.34. The molecule has 0 bridgehead atoms. The number of hydrogen-bond donors (Lipinski definition) is 0. The van der Waals surface area contributed by atoms with E-state index in [2.05, 4.69) is 36.6 Å². The van der Waals surface area contributed by atoms with Gasteiger partial charge in [-0.3, -0.25) is 9.59 Å². The minimum Gasteiger partial charge on any atom is -0.336 e. The van der Waals surface area contributed by atoms with Crippen LogP contribution in [0.25, 0.3) is 11.8 Å². The van der Waals surface area contributed by atoms with Crippen molar-refractivity contribution in [3.05, 3.63) is 81.8 Å². The maximum atomic E-state index is 12.7. The van der Waals surface area contributed by atoms with E-state index in [1.807, 2.05) is 51.6 Å². The summed E-state index contributed by atoms with van der Waals surface area (Å²) in [5.41, 5.74) is 4.39. The Bertz CT molecular complexity index is 1060. The smallest absolute Gasteiger partial charge is 0.264 e. The monoisotopic (exact) mass is 419 g/mol. The lowest BCUT2D eigenvalue weighted by atomic mass is 10.2. The maximum absolute atomic E-state index is 12.7. The van der Waals surface area contributed by atoms with Crippen molar-refractivity contribution in [1.82, 2.24) is 14.4 Å². The fourth-order valence-electron chi connectivity index (χ4n) is 3.88. The van der Waals surface area contributed by atoms with Crippen LogP contribution in [0.2, 0.25) is 0 Å². The third kappa shape index (κ3) is 4.09. The molecule has 1 aliphatic heterocycles. The van der Waals surface area contributed by atoms with Crippen molar-refractivity contribution in [1.29, 1.82) is 0 Å². The fraction of sp³-hybridized carbons (Fsp3) is 0.250. The van der Waals surface area contributed by atoms with Gasteiger partial charge in [-0.2, -0.15) is 0 Å². The fourth-order valence-corrected chi connectivity index (χ4v) is 4.57. The van der Waals surface area contributed by atoms with E-state index < -0.39 is 0 Å². The molecule has 0 aliphatic carbocycles. The second-order valence-electron chi connectivity index (χ2n) is 7.43. The Hall–Kier alpha value is -3.12. The average Bonchev–Trinajstić information content (AvgIpc) is 3.40. The molecule has 6 heteroatoms. The van der Waals surface area contributed by atoms with E-state index in [9.17, 15) is 9.59 Å². The van der Waals surface area contributed by atoms with Gasteiger partial charge >= 0.3 is 0 Å². The Kier molecular flexibility index (Phi) is 5.86. The molecule has 154 valence electrons. The van der Waals surface area contributed by atoms with Gasteiger partial charge in [0.05, 0.1) is 4.88 Å². The number of rotatable bonds is 4. The number of hydrogen-bond acceptors (Lipinski definition) is 3. The van der Waals surface area contributed by atoms with E-state index in [1.165, 1.54) is 11.3 Å². The molecule has 4 rings (SSSR count). The standard InChI is InChI=1S/C24H25N3O2S/c1-18-17-20(19(2)27(18)21-7-4-3-5-8-21)10-11-23(28)25-12-14-26(15-13-25)24(29)22-9-6-16-30-22/h3-11,16-17H,12-15H2,1-2H3. The summed E-state index contributed by atoms with van der Waals surface area (Å²) >= 11 is 1.46. The molecule has 1 aliphatic rings. The summed E-state index contributed by atoms with van der Waals surface area (Å²) in [7, 11) is 0. The first kappa shape index (κ1) is 20.2. The normalized spacial score (nSPS) is 14.5. The van der Waals surface area contributed by atoms with E-state index in [0.717, 1.165) is 27.5 Å². The number of amides is 2. The molecule has 1 saturated heterocycles. The zero-order chi connectivity index (χ0) is 21.1. The van der Waals surface area contributed by atoms with Crippen LogP contribution in [0.15, 0.2) is 60.0 Å². The number of para-hydroxylation sites is 1. The third-order valence-electron chi connectivity index (χ3n) is 5.50. The van der Waals surface area contributed by atoms with Gasteiger partial charge in [0.15, 0.2) is 0 Å². The molecule has 1 fully saturated rings. The number of piperazine rings is 1. The minimum atomic E-state index is -0.0114. The molecule has 0 radical (unpaired) electrons. The zero-order valence-corrected chi connectivity index (χ0v) is 18.1. The van der Waals surface area contributed by atoms with Crippen LogP contribution in [-0.4, -0.2) is 52.4 Å². The molecule has 0 saturated carbocycles. The number of benzene rings is 1. The van der Waals surface area contributed by atoms with Gasteiger partial charge < -0.3 is 14.4 Å². The highest BCUT2D eigenvalue weighted by Gasteiger charge is 2.24. The van der Waals surface area contributed by atoms with Gasteiger partial charge in [-0.1, -0.05) is 24.3 Å². The quantitative estimate of drug-likeness (QED) is 0.597. The van der Waals surface area contributed by atoms with Crippen LogP contribution in [-0.2, 0) is 4.79 Å². The summed E-state index contributed by atoms with van der Waals surface area (Å²) in [5.74, 6) is 0.0451. The van der Waals surface area contributed by atoms with Gasteiger partial charge in [0, 0.05) is 49.3 Å². The van der Waals surface area contributed by atoms with Gasteiger partial charge in [-0.25, -0.2) is 0 Å². The summed E-state index contributed by atoms with van der Waals surface area (Å²) < 4.78 is 2.19. The molecule has 0 N–H and O–H groups in total. The largest absolute Gasteiger partial charge is 0.336 e. The van der Waals surface area contributed by atoms with E-state index in [1.54, 1.807) is 6.08 Å². The van der Waals surface area contributed by atoms with Crippen LogP contribution in [0, 0.1) is 13.8 Å². The summed E-state index contributed by atoms with van der Waals surface area (Å²) in [6.07, 6.45) is 3.54. The number of nitrogens with zero attached hydrogens (tertiary/aromatic N) is 3. The Morgan fingerprint density at radius 2 is 1.63 bits per heavy atom. The van der Waals surface area contributed by atoms with Gasteiger partial charge in [0.2, 0.25) is 5.91 Å². The molecule has 0 spiro atoms. The first-order chi connectivity index (χ1) is 14.5. The third-order valence-corrected chi connectivity index (χ3v) is 6.36. The van der Waals surface area contributed by atoms with Crippen molar-refractivity contribution in [2.45, 2.75) is 13.8 Å². The molecule has 2 aromatic heterocycles. The Morgan fingerprint density at radius 3 is 2.30 bits per heavy atom. The van der Waals surface area contributed by atoms with Crippen LogP contribution < -0.4 is 0 Å². The molecular formula is C24H25N3O2S. The molecule has 30 heavy (non-hydrogen) atoms. The Morgan fingerprint density at radius 1 is 0.933 bits per heavy atom. The average molecular weight is 420 g/mol. The first-order valence-corrected chi connectivity index (χ1v) is 11.0. The van der Waals surface area contributed by atoms with Crippen molar-refractivity contribution >= 4 is 29.2 Å². The van der Waals surface area contributed by atoms with Gasteiger partial charge in [-0.05, 0) is 55.1 Å². The number of aromatic nitrogens is 1. The number of aryl methyl sites for hydroxylation is 1. The van der Waals surface area contributed by atoms with Crippen molar-refractivity contribution in [3.8, 4) is 5.69 Å². The minimum absolute atomic E-state index is 0.0114. The molecular weight excluding hydrogens is 394 g/mol. The molecule has 3 aromatic rings. The summed E-state index contributed by atoms with van der Waals surface area (Å²) in [5, 5.41) is 1.91. The first-order valence-electron chi connectivity index (χ1n) is 10.1. The summed E-state index contributed by atoms with van der Waals surface area (Å²) in [4.78, 5) is 29.5. The van der Waals surface area contributed by atoms with E-state index in [0.29, 0.717) is 26.2 Å². The summed E-state index contributed by atoms with van der Waals surface area (Å²) in [6, 6.07) is 16.0. The van der Waals surface area contributed by atoms with Gasteiger partial charge in [-0.15, -0.1) is 11.3 Å². The van der Waals surface area contributed by atoms with Gasteiger partial charge in [0.1, 0.15) is 0 Å². The highest BCUT2D eigenvalue weighted by molar-refractivity contribution is 7.12. The highest BCUT2D eigenvalue weighted by Crippen LogP contribution is 2.22. The van der Waals surface area contributed by atoms with Crippen molar-refractivity contribution in [3.63, 3.8) is 0 Å². The van der Waals surface area contributed by atoms with Crippen LogP contribution in [0.1, 0.15) is 26.6 Å². The lowest BCUT2D eigenvalue weighted by molar-refractivity contribution is -0.127. The molecule has 3 heterocycles. The lowest BCUT2D eigenvalue weighted by Crippen LogP contribution is -2.50. The molecule has 1 aromatic carbocycles. The van der Waals surface area contributed by atoms with Crippen molar-refractivity contribution < 1.29 is 9.59 Å². The molecule has 0 unspecified atom stereocenters. The van der Waals surface area contributed by atoms with Crippen molar-refractivity contribution in [2.75, 3.05) is 26.2 Å². The van der Waals surface area contributed by atoms with Crippen LogP contribution in [0.5, 0.6) is 0 Å². The maximum Gasteiger partial charge on any atom is 0.264 e. The molecule has 2 amide bonds. The SMILES string of the molecule is Cc1cc(C=CC(=O)N2CCN(C(=O)c3cccs3)CC2)c(C)n1-c1ccccc1. The second kappa shape index (κ2) is 8.71.